The van der Waals surface area contributed by atoms with Crippen LogP contribution in [0.4, 0.5) is 5.69 Å². The van der Waals surface area contributed by atoms with Gasteiger partial charge in [-0.05, 0) is 55.6 Å². The molecular formula is C25H33N3O4. The number of nitrogens with zero attached hydrogens (tertiary/aromatic N) is 2. The first-order valence-corrected chi connectivity index (χ1v) is 11.1. The standard InChI is InChI=1S/C25H33N3O4/c1-4-15-27(17-24(29)26-22-7-5-6-8-23(22)32-3)18-25(30)28(20-11-12-20)16-19-9-13-21(31-2)14-10-19/h5-10,13-14,20H,4,11-12,15-18H2,1-3H3,(H,26,29). The van der Waals surface area contributed by atoms with Crippen LogP contribution in [0.1, 0.15) is 31.7 Å². The zero-order valence-electron chi connectivity index (χ0n) is 19.2. The molecule has 0 atom stereocenters. The zero-order valence-corrected chi connectivity index (χ0v) is 19.2. The summed E-state index contributed by atoms with van der Waals surface area (Å²) < 4.78 is 10.5. The second-order valence-corrected chi connectivity index (χ2v) is 8.06. The molecule has 7 heteroatoms. The number of hydrogen-bond donors (Lipinski definition) is 1. The summed E-state index contributed by atoms with van der Waals surface area (Å²) in [7, 11) is 3.21. The Kier molecular flexibility index (Phi) is 8.50. The Bertz CT molecular complexity index is 896. The molecule has 2 amide bonds. The number of carbonyl (C=O) groups excluding carboxylic acids is 2. The summed E-state index contributed by atoms with van der Waals surface area (Å²) in [6, 6.07) is 15.4. The lowest BCUT2D eigenvalue weighted by atomic mass is 10.2. The van der Waals surface area contributed by atoms with Crippen molar-refractivity contribution in [2.75, 3.05) is 39.2 Å². The summed E-state index contributed by atoms with van der Waals surface area (Å²) in [5, 5.41) is 2.90. The minimum Gasteiger partial charge on any atom is -0.497 e. The second kappa shape index (κ2) is 11.5. The van der Waals surface area contributed by atoms with E-state index in [2.05, 4.69) is 5.32 Å². The van der Waals surface area contributed by atoms with Crippen LogP contribution in [-0.2, 0) is 16.1 Å². The Morgan fingerprint density at radius 3 is 2.34 bits per heavy atom. The third-order valence-corrected chi connectivity index (χ3v) is 5.47. The van der Waals surface area contributed by atoms with Crippen LogP contribution in [0.2, 0.25) is 0 Å². The van der Waals surface area contributed by atoms with E-state index in [0.29, 0.717) is 24.5 Å². The Morgan fingerprint density at radius 2 is 1.72 bits per heavy atom. The quantitative estimate of drug-likeness (QED) is 0.548. The summed E-state index contributed by atoms with van der Waals surface area (Å²) in [6.45, 7) is 3.66. The van der Waals surface area contributed by atoms with E-state index in [1.54, 1.807) is 26.4 Å². The van der Waals surface area contributed by atoms with E-state index in [1.807, 2.05) is 53.1 Å². The van der Waals surface area contributed by atoms with E-state index < -0.39 is 0 Å². The van der Waals surface area contributed by atoms with Gasteiger partial charge in [0.05, 0.1) is 33.0 Å². The number of methoxy groups -OCH3 is 2. The molecule has 0 spiro atoms. The topological polar surface area (TPSA) is 71.1 Å². The van der Waals surface area contributed by atoms with Gasteiger partial charge in [-0.15, -0.1) is 0 Å². The summed E-state index contributed by atoms with van der Waals surface area (Å²) in [6.07, 6.45) is 2.92. The predicted molar refractivity (Wildman–Crippen MR) is 125 cm³/mol. The molecule has 1 aliphatic rings. The van der Waals surface area contributed by atoms with Gasteiger partial charge >= 0.3 is 0 Å². The van der Waals surface area contributed by atoms with Gasteiger partial charge in [0.1, 0.15) is 11.5 Å². The van der Waals surface area contributed by atoms with Crippen LogP contribution < -0.4 is 14.8 Å². The highest BCUT2D eigenvalue weighted by molar-refractivity contribution is 5.94. The SMILES string of the molecule is CCCN(CC(=O)Nc1ccccc1OC)CC(=O)N(Cc1ccc(OC)cc1)C1CC1. The minimum atomic E-state index is -0.163. The maximum absolute atomic E-state index is 13.2. The van der Waals surface area contributed by atoms with Gasteiger partial charge in [0.2, 0.25) is 11.8 Å². The highest BCUT2D eigenvalue weighted by Gasteiger charge is 2.33. The Balaban J connectivity index is 1.61. The molecule has 0 saturated heterocycles. The van der Waals surface area contributed by atoms with Gasteiger partial charge in [-0.25, -0.2) is 0 Å². The second-order valence-electron chi connectivity index (χ2n) is 8.06. The molecule has 1 saturated carbocycles. The maximum Gasteiger partial charge on any atom is 0.238 e. The third kappa shape index (κ3) is 6.72. The van der Waals surface area contributed by atoms with E-state index in [4.69, 9.17) is 9.47 Å². The van der Waals surface area contributed by atoms with Gasteiger partial charge in [-0.3, -0.25) is 14.5 Å². The summed E-state index contributed by atoms with van der Waals surface area (Å²) in [4.78, 5) is 29.7. The number of nitrogens with one attached hydrogen (secondary N) is 1. The number of benzene rings is 2. The fourth-order valence-electron chi connectivity index (χ4n) is 3.69. The monoisotopic (exact) mass is 439 g/mol. The first-order chi connectivity index (χ1) is 15.5. The van der Waals surface area contributed by atoms with E-state index in [0.717, 1.165) is 30.6 Å². The number of carbonyl (C=O) groups is 2. The molecule has 0 bridgehead atoms. The number of amides is 2. The van der Waals surface area contributed by atoms with Crippen LogP contribution in [0, 0.1) is 0 Å². The van der Waals surface area contributed by atoms with Crippen molar-refractivity contribution in [1.29, 1.82) is 0 Å². The molecule has 2 aromatic carbocycles. The van der Waals surface area contributed by atoms with Gasteiger partial charge < -0.3 is 19.7 Å². The normalized spacial score (nSPS) is 13.0. The summed E-state index contributed by atoms with van der Waals surface area (Å²) in [5.41, 5.74) is 1.70. The van der Waals surface area contributed by atoms with Gasteiger partial charge in [0.25, 0.3) is 0 Å². The van der Waals surface area contributed by atoms with E-state index >= 15 is 0 Å². The van der Waals surface area contributed by atoms with Crippen LogP contribution in [0.15, 0.2) is 48.5 Å². The van der Waals surface area contributed by atoms with Gasteiger partial charge in [-0.2, -0.15) is 0 Å². The van der Waals surface area contributed by atoms with Crippen molar-refractivity contribution in [2.45, 2.75) is 38.8 Å². The average Bonchev–Trinajstić information content (AvgIpc) is 3.63. The molecule has 1 N–H and O–H groups in total. The van der Waals surface area contributed by atoms with E-state index in [-0.39, 0.29) is 30.9 Å². The Morgan fingerprint density at radius 1 is 1.00 bits per heavy atom. The summed E-state index contributed by atoms with van der Waals surface area (Å²) >= 11 is 0. The molecule has 32 heavy (non-hydrogen) atoms. The van der Waals surface area contributed by atoms with E-state index in [1.165, 1.54) is 0 Å². The van der Waals surface area contributed by atoms with Crippen molar-refractivity contribution in [1.82, 2.24) is 9.80 Å². The lowest BCUT2D eigenvalue weighted by Gasteiger charge is -2.27. The molecule has 1 aliphatic carbocycles. The van der Waals surface area contributed by atoms with Crippen molar-refractivity contribution in [2.24, 2.45) is 0 Å². The highest BCUT2D eigenvalue weighted by Crippen LogP contribution is 2.29. The van der Waals surface area contributed by atoms with Gasteiger partial charge in [0.15, 0.2) is 0 Å². The third-order valence-electron chi connectivity index (χ3n) is 5.47. The van der Waals surface area contributed by atoms with Crippen LogP contribution >= 0.6 is 0 Å². The molecule has 0 aliphatic heterocycles. The van der Waals surface area contributed by atoms with Crippen LogP contribution in [-0.4, -0.2) is 61.5 Å². The first kappa shape index (κ1) is 23.6. The van der Waals surface area contributed by atoms with Crippen molar-refractivity contribution < 1.29 is 19.1 Å². The van der Waals surface area contributed by atoms with Crippen molar-refractivity contribution >= 4 is 17.5 Å². The van der Waals surface area contributed by atoms with Gasteiger partial charge in [-0.1, -0.05) is 31.2 Å². The zero-order chi connectivity index (χ0) is 22.9. The van der Waals surface area contributed by atoms with Crippen molar-refractivity contribution in [3.05, 3.63) is 54.1 Å². The molecule has 7 nitrogen and oxygen atoms in total. The Hall–Kier alpha value is -3.06. The number of rotatable bonds is 12. The molecule has 0 aromatic heterocycles. The predicted octanol–water partition coefficient (Wildman–Crippen LogP) is 3.55. The van der Waals surface area contributed by atoms with E-state index in [9.17, 15) is 9.59 Å². The summed E-state index contributed by atoms with van der Waals surface area (Å²) in [5.74, 6) is 1.30. The maximum atomic E-state index is 13.2. The lowest BCUT2D eigenvalue weighted by Crippen LogP contribution is -2.44. The van der Waals surface area contributed by atoms with Crippen molar-refractivity contribution in [3.8, 4) is 11.5 Å². The molecular weight excluding hydrogens is 406 g/mol. The molecule has 0 heterocycles. The number of anilines is 1. The molecule has 2 aromatic rings. The number of ether oxygens (including phenoxy) is 2. The largest absolute Gasteiger partial charge is 0.497 e. The number of para-hydroxylation sites is 2. The van der Waals surface area contributed by atoms with Crippen LogP contribution in [0.3, 0.4) is 0 Å². The molecule has 3 rings (SSSR count). The van der Waals surface area contributed by atoms with Crippen LogP contribution in [0.25, 0.3) is 0 Å². The molecule has 1 fully saturated rings. The average molecular weight is 440 g/mol. The number of hydrogen-bond acceptors (Lipinski definition) is 5. The van der Waals surface area contributed by atoms with Gasteiger partial charge in [0, 0.05) is 12.6 Å². The first-order valence-electron chi connectivity index (χ1n) is 11.1. The fraction of sp³-hybridized carbons (Fsp3) is 0.440. The highest BCUT2D eigenvalue weighted by atomic mass is 16.5. The molecule has 0 radical (unpaired) electrons. The fourth-order valence-corrected chi connectivity index (χ4v) is 3.69. The minimum absolute atomic E-state index is 0.0573. The Labute approximate surface area is 190 Å². The molecule has 172 valence electrons. The van der Waals surface area contributed by atoms with Crippen molar-refractivity contribution in [3.63, 3.8) is 0 Å². The molecule has 0 unspecified atom stereocenters. The lowest BCUT2D eigenvalue weighted by molar-refractivity contribution is -0.134. The smallest absolute Gasteiger partial charge is 0.238 e. The van der Waals surface area contributed by atoms with Crippen LogP contribution in [0.5, 0.6) is 11.5 Å².